The fourth-order valence-electron chi connectivity index (χ4n) is 5.59. The number of aliphatic hydroxyl groups excluding tert-OH is 1. The van der Waals surface area contributed by atoms with Gasteiger partial charge in [-0.3, -0.25) is 20.0 Å². The van der Waals surface area contributed by atoms with E-state index >= 15 is 0 Å². The number of hydrazone groups is 1. The van der Waals surface area contributed by atoms with Crippen LogP contribution in [0.2, 0.25) is 0 Å². The number of hydrogen-bond acceptors (Lipinski definition) is 8. The van der Waals surface area contributed by atoms with Gasteiger partial charge in [-0.15, -0.1) is 5.10 Å². The first-order valence-electron chi connectivity index (χ1n) is 13.5. The summed E-state index contributed by atoms with van der Waals surface area (Å²) < 4.78 is 0. The second-order valence-electron chi connectivity index (χ2n) is 10.7. The maximum absolute atomic E-state index is 12.8. The van der Waals surface area contributed by atoms with Gasteiger partial charge in [0, 0.05) is 56.0 Å². The van der Waals surface area contributed by atoms with E-state index in [9.17, 15) is 20.1 Å². The second-order valence-corrected chi connectivity index (χ2v) is 10.7. The van der Waals surface area contributed by atoms with Crippen molar-refractivity contribution >= 4 is 17.6 Å². The Morgan fingerprint density at radius 1 is 1.00 bits per heavy atom. The molecular weight excluding hydrogens is 484 g/mol. The molecule has 0 spiro atoms. The molecule has 10 nitrogen and oxygen atoms in total. The van der Waals surface area contributed by atoms with Crippen molar-refractivity contribution in [2.45, 2.75) is 45.3 Å². The average Bonchev–Trinajstić information content (AvgIpc) is 3.30. The molecular formula is C28H38N6O4. The molecule has 0 bridgehead atoms. The van der Waals surface area contributed by atoms with Crippen molar-refractivity contribution in [1.29, 1.82) is 0 Å². The smallest absolute Gasteiger partial charge is 0.313 e. The zero-order valence-electron chi connectivity index (χ0n) is 22.1. The lowest BCUT2D eigenvalue weighted by molar-refractivity contribution is -0.138. The minimum Gasteiger partial charge on any atom is -0.508 e. The number of anilines is 1. The fourth-order valence-corrected chi connectivity index (χ4v) is 5.59. The predicted molar refractivity (Wildman–Crippen MR) is 146 cm³/mol. The largest absolute Gasteiger partial charge is 0.508 e. The number of nitrogens with zero attached hydrogens (tertiary/aromatic N) is 4. The van der Waals surface area contributed by atoms with Gasteiger partial charge < -0.3 is 25.5 Å². The molecule has 5 rings (SSSR count). The maximum Gasteiger partial charge on any atom is 0.313 e. The van der Waals surface area contributed by atoms with Gasteiger partial charge in [-0.25, -0.2) is 0 Å². The number of amidine groups is 1. The number of rotatable bonds is 6. The average molecular weight is 523 g/mol. The van der Waals surface area contributed by atoms with Gasteiger partial charge in [0.05, 0.1) is 0 Å². The van der Waals surface area contributed by atoms with Crippen LogP contribution in [-0.4, -0.2) is 76.3 Å². The Kier molecular flexibility index (Phi) is 7.62. The lowest BCUT2D eigenvalue weighted by Crippen LogP contribution is -2.51. The number of phenols is 2. The third kappa shape index (κ3) is 5.37. The highest BCUT2D eigenvalue weighted by Crippen LogP contribution is 2.39. The second kappa shape index (κ2) is 11.1. The van der Waals surface area contributed by atoms with Crippen LogP contribution < -0.4 is 15.6 Å². The van der Waals surface area contributed by atoms with Gasteiger partial charge in [0.1, 0.15) is 11.5 Å². The molecule has 0 aliphatic carbocycles. The predicted octanol–water partition coefficient (Wildman–Crippen LogP) is 2.80. The molecule has 0 aromatic heterocycles. The van der Waals surface area contributed by atoms with Gasteiger partial charge in [0.15, 0.2) is 6.17 Å². The number of aliphatic hydroxyl groups is 1. The van der Waals surface area contributed by atoms with Crippen molar-refractivity contribution in [3.05, 3.63) is 53.1 Å². The standard InChI is InChI=1S/C28H38N6O4/c1-18(2)22-15-23(25(36)16-24(22)35)26-30-31-28(38)34(26)21-5-3-19(4-6-21)17-32-11-13-33(14-12-32)27(37)20-7-9-29-10-8-20/h3-6,15-16,18,20,26,29-30,35-36H,7-14,17H2,1-2H3,(H,31,38). The van der Waals surface area contributed by atoms with Crippen LogP contribution in [0.4, 0.5) is 5.69 Å². The Balaban J connectivity index is 1.22. The molecule has 3 heterocycles. The van der Waals surface area contributed by atoms with E-state index in [0.29, 0.717) is 17.0 Å². The summed E-state index contributed by atoms with van der Waals surface area (Å²) in [4.78, 5) is 18.8. The Labute approximate surface area is 223 Å². The molecule has 3 aliphatic rings. The molecule has 2 saturated heterocycles. The van der Waals surface area contributed by atoms with Crippen LogP contribution in [0.5, 0.6) is 11.5 Å². The topological polar surface area (TPSA) is 124 Å². The number of aromatic hydroxyl groups is 2. The third-order valence-corrected chi connectivity index (χ3v) is 7.85. The summed E-state index contributed by atoms with van der Waals surface area (Å²) in [5.41, 5.74) is 5.98. The fraction of sp³-hybridized carbons (Fsp3) is 0.500. The Bertz CT molecular complexity index is 1170. The van der Waals surface area contributed by atoms with E-state index < -0.39 is 6.17 Å². The Morgan fingerprint density at radius 3 is 2.34 bits per heavy atom. The molecule has 2 aromatic rings. The third-order valence-electron chi connectivity index (χ3n) is 7.85. The van der Waals surface area contributed by atoms with Crippen LogP contribution in [-0.2, 0) is 11.3 Å². The first kappa shape index (κ1) is 26.1. The van der Waals surface area contributed by atoms with Gasteiger partial charge in [-0.05, 0) is 61.2 Å². The first-order valence-corrected chi connectivity index (χ1v) is 13.5. The van der Waals surface area contributed by atoms with Gasteiger partial charge >= 0.3 is 6.02 Å². The highest BCUT2D eigenvalue weighted by Gasteiger charge is 2.33. The van der Waals surface area contributed by atoms with E-state index in [1.54, 1.807) is 11.0 Å². The van der Waals surface area contributed by atoms with Crippen molar-refractivity contribution in [2.75, 3.05) is 44.2 Å². The van der Waals surface area contributed by atoms with Crippen molar-refractivity contribution in [3.63, 3.8) is 0 Å². The van der Waals surface area contributed by atoms with E-state index in [1.165, 1.54) is 6.07 Å². The summed E-state index contributed by atoms with van der Waals surface area (Å²) in [6.45, 7) is 9.81. The molecule has 1 atom stereocenters. The van der Waals surface area contributed by atoms with Crippen LogP contribution in [0.1, 0.15) is 55.5 Å². The highest BCUT2D eigenvalue weighted by molar-refractivity contribution is 5.92. The van der Waals surface area contributed by atoms with Gasteiger partial charge in [-0.1, -0.05) is 26.0 Å². The molecule has 5 N–H and O–H groups in total. The highest BCUT2D eigenvalue weighted by atomic mass is 16.3. The molecule has 1 amide bonds. The lowest BCUT2D eigenvalue weighted by Gasteiger charge is -2.37. The van der Waals surface area contributed by atoms with E-state index in [0.717, 1.165) is 69.9 Å². The summed E-state index contributed by atoms with van der Waals surface area (Å²) in [5.74, 6) is 0.499. The molecule has 0 saturated carbocycles. The number of phenolic OH excluding ortho intramolecular Hbond substituents is 2. The number of carbonyl (C=O) groups is 1. The molecule has 0 radical (unpaired) electrons. The van der Waals surface area contributed by atoms with Crippen LogP contribution in [0.15, 0.2) is 41.5 Å². The van der Waals surface area contributed by atoms with Crippen molar-refractivity contribution in [2.24, 2.45) is 11.0 Å². The van der Waals surface area contributed by atoms with E-state index in [2.05, 4.69) is 20.7 Å². The molecule has 38 heavy (non-hydrogen) atoms. The van der Waals surface area contributed by atoms with Crippen LogP contribution in [0, 0.1) is 5.92 Å². The number of benzene rings is 2. The molecule has 10 heteroatoms. The summed E-state index contributed by atoms with van der Waals surface area (Å²) >= 11 is 0. The van der Waals surface area contributed by atoms with E-state index in [-0.39, 0.29) is 29.4 Å². The Hall–Kier alpha value is -3.50. The van der Waals surface area contributed by atoms with Gasteiger partial charge in [0.2, 0.25) is 5.91 Å². The zero-order valence-corrected chi connectivity index (χ0v) is 22.1. The molecule has 2 fully saturated rings. The van der Waals surface area contributed by atoms with Gasteiger partial charge in [-0.2, -0.15) is 0 Å². The van der Waals surface area contributed by atoms with Gasteiger partial charge in [0.25, 0.3) is 0 Å². The zero-order chi connectivity index (χ0) is 26.8. The van der Waals surface area contributed by atoms with Crippen LogP contribution >= 0.6 is 0 Å². The maximum atomic E-state index is 12.8. The van der Waals surface area contributed by atoms with Crippen LogP contribution in [0.3, 0.4) is 0 Å². The normalized spacial score (nSPS) is 21.0. The van der Waals surface area contributed by atoms with E-state index in [1.807, 2.05) is 43.0 Å². The number of piperidine rings is 1. The number of carbonyl (C=O) groups excluding carboxylic acids is 1. The van der Waals surface area contributed by atoms with Crippen molar-refractivity contribution < 1.29 is 20.1 Å². The number of amides is 1. The monoisotopic (exact) mass is 522 g/mol. The van der Waals surface area contributed by atoms with Crippen molar-refractivity contribution in [3.8, 4) is 11.5 Å². The summed E-state index contributed by atoms with van der Waals surface area (Å²) in [7, 11) is 0. The van der Waals surface area contributed by atoms with Crippen LogP contribution in [0.25, 0.3) is 0 Å². The first-order chi connectivity index (χ1) is 18.3. The Morgan fingerprint density at radius 2 is 1.68 bits per heavy atom. The minimum absolute atomic E-state index is 0.0387. The SMILES string of the molecule is CC(C)c1cc(C2NN=C(O)N2c2ccc(CN3CCN(C(=O)C4CCNCC4)CC3)cc2)c(O)cc1O. The summed E-state index contributed by atoms with van der Waals surface area (Å²) in [6.07, 6.45) is 1.25. The number of nitrogens with one attached hydrogen (secondary N) is 2. The minimum atomic E-state index is -0.621. The quantitative estimate of drug-likeness (QED) is 0.393. The number of hydrogen-bond donors (Lipinski definition) is 5. The molecule has 2 aromatic carbocycles. The number of piperazine rings is 1. The van der Waals surface area contributed by atoms with E-state index in [4.69, 9.17) is 0 Å². The van der Waals surface area contributed by atoms with Crippen molar-refractivity contribution in [1.82, 2.24) is 20.5 Å². The molecule has 3 aliphatic heterocycles. The summed E-state index contributed by atoms with van der Waals surface area (Å²) in [5, 5.41) is 38.7. The molecule has 1 unspecified atom stereocenters. The molecule has 204 valence electrons. The lowest BCUT2D eigenvalue weighted by atomic mass is 9.96. The summed E-state index contributed by atoms with van der Waals surface area (Å²) in [6, 6.07) is 10.8.